The molecule has 110 valence electrons. The molecule has 2 aromatic carbocycles. The Hall–Kier alpha value is -2.14. The van der Waals surface area contributed by atoms with Gasteiger partial charge >= 0.3 is 6.18 Å². The van der Waals surface area contributed by atoms with Crippen LogP contribution in [0, 0.1) is 0 Å². The number of alkyl halides is 3. The quantitative estimate of drug-likeness (QED) is 0.790. The molecule has 0 unspecified atom stereocenters. The number of methoxy groups -OCH3 is 1. The minimum Gasteiger partial charge on any atom is -0.377 e. The zero-order chi connectivity index (χ0) is 15.5. The lowest BCUT2D eigenvalue weighted by Crippen LogP contribution is -2.06. The highest BCUT2D eigenvalue weighted by atomic mass is 19.4. The van der Waals surface area contributed by atoms with E-state index in [4.69, 9.17) is 4.74 Å². The Morgan fingerprint density at radius 2 is 1.43 bits per heavy atom. The summed E-state index contributed by atoms with van der Waals surface area (Å²) in [6.07, 6.45) is -4.34. The Kier molecular flexibility index (Phi) is 4.43. The van der Waals surface area contributed by atoms with Gasteiger partial charge in [-0.15, -0.1) is 0 Å². The van der Waals surface area contributed by atoms with E-state index in [-0.39, 0.29) is 12.4 Å². The molecule has 0 aromatic heterocycles. The molecule has 2 rings (SSSR count). The van der Waals surface area contributed by atoms with Crippen molar-refractivity contribution in [3.05, 3.63) is 59.7 Å². The van der Waals surface area contributed by atoms with E-state index in [1.807, 2.05) is 0 Å². The van der Waals surface area contributed by atoms with Gasteiger partial charge in [0, 0.05) is 12.7 Å². The Balaban J connectivity index is 2.21. The van der Waals surface area contributed by atoms with E-state index in [2.05, 4.69) is 0 Å². The summed E-state index contributed by atoms with van der Waals surface area (Å²) in [7, 11) is 1.44. The summed E-state index contributed by atoms with van der Waals surface area (Å²) in [5.41, 5.74) is 1.23. The first-order valence-corrected chi connectivity index (χ1v) is 6.21. The molecule has 0 aliphatic rings. The van der Waals surface area contributed by atoms with Crippen LogP contribution in [0.15, 0.2) is 48.5 Å². The van der Waals surface area contributed by atoms with Crippen molar-refractivity contribution in [3.8, 4) is 11.1 Å². The monoisotopic (exact) mass is 294 g/mol. The number of Topliss-reactive ketones (excluding diaryl/α,β-unsaturated/α-hetero) is 1. The molecule has 0 spiro atoms. The van der Waals surface area contributed by atoms with Gasteiger partial charge in [-0.05, 0) is 23.3 Å². The van der Waals surface area contributed by atoms with Crippen molar-refractivity contribution in [3.63, 3.8) is 0 Å². The SMILES string of the molecule is COCC(=O)c1ccc(-c2ccc(C(F)(F)F)cc2)cc1. The van der Waals surface area contributed by atoms with Crippen LogP contribution in [0.1, 0.15) is 15.9 Å². The van der Waals surface area contributed by atoms with Crippen molar-refractivity contribution in [2.75, 3.05) is 13.7 Å². The molecule has 0 heterocycles. The lowest BCUT2D eigenvalue weighted by Gasteiger charge is -2.08. The van der Waals surface area contributed by atoms with E-state index in [1.54, 1.807) is 24.3 Å². The van der Waals surface area contributed by atoms with Gasteiger partial charge in [-0.1, -0.05) is 36.4 Å². The fourth-order valence-corrected chi connectivity index (χ4v) is 1.91. The standard InChI is InChI=1S/C16H13F3O2/c1-21-10-15(20)13-4-2-11(3-5-13)12-6-8-14(9-7-12)16(17,18)19/h2-9H,10H2,1H3. The van der Waals surface area contributed by atoms with Crippen molar-refractivity contribution in [2.24, 2.45) is 0 Å². The second-order valence-corrected chi connectivity index (χ2v) is 4.51. The van der Waals surface area contributed by atoms with Crippen LogP contribution in [0.25, 0.3) is 11.1 Å². The molecule has 0 atom stereocenters. The highest BCUT2D eigenvalue weighted by Gasteiger charge is 2.29. The summed E-state index contributed by atoms with van der Waals surface area (Å²) in [6, 6.07) is 11.6. The highest BCUT2D eigenvalue weighted by Crippen LogP contribution is 2.31. The van der Waals surface area contributed by atoms with Gasteiger partial charge in [-0.25, -0.2) is 0 Å². The van der Waals surface area contributed by atoms with Gasteiger partial charge in [0.05, 0.1) is 5.56 Å². The third-order valence-electron chi connectivity index (χ3n) is 3.03. The molecular formula is C16H13F3O2. The average Bonchev–Trinajstić information content (AvgIpc) is 2.47. The maximum Gasteiger partial charge on any atom is 0.416 e. The molecule has 0 radical (unpaired) electrons. The molecule has 0 fully saturated rings. The molecule has 2 nitrogen and oxygen atoms in total. The number of ketones is 1. The second-order valence-electron chi connectivity index (χ2n) is 4.51. The summed E-state index contributed by atoms with van der Waals surface area (Å²) in [5.74, 6) is -0.142. The van der Waals surface area contributed by atoms with E-state index in [0.29, 0.717) is 11.1 Å². The summed E-state index contributed by atoms with van der Waals surface area (Å²) in [5, 5.41) is 0. The first kappa shape index (κ1) is 15.3. The number of rotatable bonds is 4. The van der Waals surface area contributed by atoms with Crippen LogP contribution in [0.5, 0.6) is 0 Å². The maximum absolute atomic E-state index is 12.5. The van der Waals surface area contributed by atoms with Crippen molar-refractivity contribution in [1.82, 2.24) is 0 Å². The number of ether oxygens (including phenoxy) is 1. The number of halogens is 3. The Morgan fingerprint density at radius 3 is 1.86 bits per heavy atom. The van der Waals surface area contributed by atoms with Gasteiger partial charge in [0.1, 0.15) is 6.61 Å². The predicted molar refractivity (Wildman–Crippen MR) is 73.1 cm³/mol. The lowest BCUT2D eigenvalue weighted by molar-refractivity contribution is -0.137. The van der Waals surface area contributed by atoms with E-state index < -0.39 is 11.7 Å². The molecule has 0 amide bonds. The van der Waals surface area contributed by atoms with Gasteiger partial charge in [-0.3, -0.25) is 4.79 Å². The second kappa shape index (κ2) is 6.10. The van der Waals surface area contributed by atoms with Crippen LogP contribution in [-0.4, -0.2) is 19.5 Å². The smallest absolute Gasteiger partial charge is 0.377 e. The molecule has 0 N–H and O–H groups in total. The average molecular weight is 294 g/mol. The topological polar surface area (TPSA) is 26.3 Å². The van der Waals surface area contributed by atoms with E-state index in [9.17, 15) is 18.0 Å². The molecule has 21 heavy (non-hydrogen) atoms. The normalized spacial score (nSPS) is 11.4. The van der Waals surface area contributed by atoms with Crippen LogP contribution < -0.4 is 0 Å². The molecular weight excluding hydrogens is 281 g/mol. The fourth-order valence-electron chi connectivity index (χ4n) is 1.91. The van der Waals surface area contributed by atoms with Crippen molar-refractivity contribution >= 4 is 5.78 Å². The van der Waals surface area contributed by atoms with Crippen LogP contribution in [-0.2, 0) is 10.9 Å². The minimum absolute atomic E-state index is 0.000371. The van der Waals surface area contributed by atoms with Gasteiger partial charge in [0.15, 0.2) is 5.78 Å². The highest BCUT2D eigenvalue weighted by molar-refractivity contribution is 5.97. The van der Waals surface area contributed by atoms with Gasteiger partial charge in [0.2, 0.25) is 0 Å². The van der Waals surface area contributed by atoms with Gasteiger partial charge in [-0.2, -0.15) is 13.2 Å². The number of carbonyl (C=O) groups excluding carboxylic acids is 1. The zero-order valence-electron chi connectivity index (χ0n) is 11.3. The first-order valence-electron chi connectivity index (χ1n) is 6.21. The van der Waals surface area contributed by atoms with Crippen LogP contribution in [0.3, 0.4) is 0 Å². The minimum atomic E-state index is -4.34. The van der Waals surface area contributed by atoms with Crippen LogP contribution >= 0.6 is 0 Å². The Bertz CT molecular complexity index is 613. The van der Waals surface area contributed by atoms with Crippen LogP contribution in [0.4, 0.5) is 13.2 Å². The first-order chi connectivity index (χ1) is 9.91. The van der Waals surface area contributed by atoms with Gasteiger partial charge < -0.3 is 4.74 Å². The summed E-state index contributed by atoms with van der Waals surface area (Å²) < 4.78 is 42.2. The van der Waals surface area contributed by atoms with E-state index in [1.165, 1.54) is 19.2 Å². The Labute approximate surface area is 120 Å². The summed E-state index contributed by atoms with van der Waals surface area (Å²) in [6.45, 7) is -0.000371. The molecule has 2 aromatic rings. The molecule has 0 aliphatic carbocycles. The molecule has 0 saturated heterocycles. The molecule has 0 saturated carbocycles. The van der Waals surface area contributed by atoms with Gasteiger partial charge in [0.25, 0.3) is 0 Å². The number of carbonyl (C=O) groups is 1. The Morgan fingerprint density at radius 1 is 0.952 bits per heavy atom. The maximum atomic E-state index is 12.5. The van der Waals surface area contributed by atoms with E-state index in [0.717, 1.165) is 17.7 Å². The van der Waals surface area contributed by atoms with Crippen LogP contribution in [0.2, 0.25) is 0 Å². The van der Waals surface area contributed by atoms with Crippen molar-refractivity contribution < 1.29 is 22.7 Å². The third kappa shape index (κ3) is 3.70. The summed E-state index contributed by atoms with van der Waals surface area (Å²) >= 11 is 0. The number of hydrogen-bond donors (Lipinski definition) is 0. The predicted octanol–water partition coefficient (Wildman–Crippen LogP) is 4.20. The van der Waals surface area contributed by atoms with Crippen molar-refractivity contribution in [1.29, 1.82) is 0 Å². The number of benzene rings is 2. The largest absolute Gasteiger partial charge is 0.416 e. The molecule has 5 heteroatoms. The fraction of sp³-hybridized carbons (Fsp3) is 0.188. The number of hydrogen-bond acceptors (Lipinski definition) is 2. The summed E-state index contributed by atoms with van der Waals surface area (Å²) in [4.78, 5) is 11.6. The zero-order valence-corrected chi connectivity index (χ0v) is 11.3. The van der Waals surface area contributed by atoms with Crippen molar-refractivity contribution in [2.45, 2.75) is 6.18 Å². The third-order valence-corrected chi connectivity index (χ3v) is 3.03. The van der Waals surface area contributed by atoms with E-state index >= 15 is 0 Å². The lowest BCUT2D eigenvalue weighted by atomic mass is 10.0. The molecule has 0 aliphatic heterocycles. The molecule has 0 bridgehead atoms.